The minimum absolute atomic E-state index is 0.0920. The molecule has 1 aromatic heterocycles. The lowest BCUT2D eigenvalue weighted by Crippen LogP contribution is -2.20. The highest BCUT2D eigenvalue weighted by Crippen LogP contribution is 2.26. The van der Waals surface area contributed by atoms with Crippen molar-refractivity contribution in [2.24, 2.45) is 0 Å². The van der Waals surface area contributed by atoms with Gasteiger partial charge in [0.2, 0.25) is 0 Å². The topological polar surface area (TPSA) is 70.1 Å². The molecular formula is C14H26N4O. The van der Waals surface area contributed by atoms with Gasteiger partial charge >= 0.3 is 0 Å². The van der Waals surface area contributed by atoms with E-state index in [1.807, 2.05) is 6.92 Å². The Morgan fingerprint density at radius 1 is 1.11 bits per heavy atom. The molecule has 5 nitrogen and oxygen atoms in total. The minimum Gasteiger partial charge on any atom is -0.396 e. The largest absolute Gasteiger partial charge is 0.396 e. The van der Waals surface area contributed by atoms with Crippen molar-refractivity contribution in [1.29, 1.82) is 0 Å². The molecular weight excluding hydrogens is 240 g/mol. The quantitative estimate of drug-likeness (QED) is 0.689. The van der Waals surface area contributed by atoms with E-state index in [0.29, 0.717) is 13.0 Å². The Kier molecular flexibility index (Phi) is 5.54. The number of hydrogen-bond acceptors (Lipinski definition) is 5. The molecule has 0 aliphatic heterocycles. The van der Waals surface area contributed by atoms with E-state index in [2.05, 4.69) is 48.3 Å². The molecule has 3 N–H and O–H groups in total. The van der Waals surface area contributed by atoms with Crippen LogP contribution in [0.1, 0.15) is 45.5 Å². The zero-order valence-corrected chi connectivity index (χ0v) is 12.7. The second-order valence-corrected chi connectivity index (χ2v) is 5.65. The van der Waals surface area contributed by atoms with Crippen molar-refractivity contribution in [3.8, 4) is 0 Å². The molecule has 1 rings (SSSR count). The van der Waals surface area contributed by atoms with Crippen LogP contribution >= 0.6 is 0 Å². The summed E-state index contributed by atoms with van der Waals surface area (Å²) in [6, 6.07) is 0. The van der Waals surface area contributed by atoms with Crippen LogP contribution in [0, 0.1) is 6.92 Å². The molecule has 5 heteroatoms. The maximum atomic E-state index is 8.85. The van der Waals surface area contributed by atoms with Gasteiger partial charge in [-0.3, -0.25) is 0 Å². The number of nitrogens with zero attached hydrogens (tertiary/aromatic N) is 2. The maximum Gasteiger partial charge on any atom is 0.138 e. The number of aromatic nitrogens is 2. The van der Waals surface area contributed by atoms with E-state index in [4.69, 9.17) is 5.11 Å². The van der Waals surface area contributed by atoms with Crippen LogP contribution in [0.4, 0.5) is 11.6 Å². The van der Waals surface area contributed by atoms with Gasteiger partial charge in [-0.2, -0.15) is 0 Å². The highest BCUT2D eigenvalue weighted by Gasteiger charge is 2.20. The van der Waals surface area contributed by atoms with Crippen molar-refractivity contribution < 1.29 is 5.11 Å². The minimum atomic E-state index is -0.0920. The summed E-state index contributed by atoms with van der Waals surface area (Å²) in [4.78, 5) is 9.22. The van der Waals surface area contributed by atoms with E-state index in [1.54, 1.807) is 0 Å². The van der Waals surface area contributed by atoms with E-state index in [0.717, 1.165) is 29.6 Å². The Bertz CT molecular complexity index is 413. The highest BCUT2D eigenvalue weighted by molar-refractivity contribution is 5.57. The smallest absolute Gasteiger partial charge is 0.138 e. The molecule has 0 amide bonds. The average molecular weight is 266 g/mol. The molecule has 0 saturated carbocycles. The van der Waals surface area contributed by atoms with Crippen molar-refractivity contribution in [3.63, 3.8) is 0 Å². The molecule has 1 heterocycles. The third kappa shape index (κ3) is 4.35. The number of hydrogen-bond donors (Lipinski definition) is 3. The number of aliphatic hydroxyl groups excluding tert-OH is 1. The van der Waals surface area contributed by atoms with Crippen molar-refractivity contribution in [2.75, 3.05) is 30.3 Å². The molecule has 108 valence electrons. The summed E-state index contributed by atoms with van der Waals surface area (Å²) in [6.07, 6.45) is 0.713. The SMILES string of the molecule is CCNc1nc(C(C)(C)C)nc(NCCCO)c1C. The van der Waals surface area contributed by atoms with Gasteiger partial charge in [0, 0.05) is 30.7 Å². The first-order valence-electron chi connectivity index (χ1n) is 6.87. The Morgan fingerprint density at radius 2 is 1.68 bits per heavy atom. The number of aliphatic hydroxyl groups is 1. The van der Waals surface area contributed by atoms with Gasteiger partial charge in [0.15, 0.2) is 0 Å². The van der Waals surface area contributed by atoms with E-state index in [9.17, 15) is 0 Å². The Morgan fingerprint density at radius 3 is 2.16 bits per heavy atom. The van der Waals surface area contributed by atoms with Gasteiger partial charge in [0.25, 0.3) is 0 Å². The van der Waals surface area contributed by atoms with E-state index >= 15 is 0 Å². The molecule has 0 aromatic carbocycles. The summed E-state index contributed by atoms with van der Waals surface area (Å²) >= 11 is 0. The molecule has 0 unspecified atom stereocenters. The molecule has 0 spiro atoms. The number of rotatable bonds is 6. The van der Waals surface area contributed by atoms with Crippen molar-refractivity contribution in [2.45, 2.75) is 46.5 Å². The molecule has 0 aliphatic rings. The average Bonchev–Trinajstić information content (AvgIpc) is 2.32. The lowest BCUT2D eigenvalue weighted by Gasteiger charge is -2.21. The van der Waals surface area contributed by atoms with Crippen LogP contribution in [0.5, 0.6) is 0 Å². The summed E-state index contributed by atoms with van der Waals surface area (Å²) in [6.45, 7) is 12.1. The molecule has 1 aromatic rings. The molecule has 0 bridgehead atoms. The molecule has 0 fully saturated rings. The fraction of sp³-hybridized carbons (Fsp3) is 0.714. The zero-order valence-electron chi connectivity index (χ0n) is 12.7. The van der Waals surface area contributed by atoms with Gasteiger partial charge in [-0.1, -0.05) is 20.8 Å². The monoisotopic (exact) mass is 266 g/mol. The van der Waals surface area contributed by atoms with Crippen LogP contribution in [0.25, 0.3) is 0 Å². The first kappa shape index (κ1) is 15.7. The first-order chi connectivity index (χ1) is 8.90. The van der Waals surface area contributed by atoms with Gasteiger partial charge in [-0.05, 0) is 20.3 Å². The third-order valence-electron chi connectivity index (χ3n) is 2.79. The fourth-order valence-corrected chi connectivity index (χ4v) is 1.65. The normalized spacial score (nSPS) is 11.5. The second-order valence-electron chi connectivity index (χ2n) is 5.65. The third-order valence-corrected chi connectivity index (χ3v) is 2.79. The van der Waals surface area contributed by atoms with E-state index in [1.165, 1.54) is 0 Å². The van der Waals surface area contributed by atoms with Gasteiger partial charge in [-0.25, -0.2) is 9.97 Å². The summed E-state index contributed by atoms with van der Waals surface area (Å²) in [5, 5.41) is 15.4. The predicted octanol–water partition coefficient (Wildman–Crippen LogP) is 2.31. The Balaban J connectivity index is 3.09. The highest BCUT2D eigenvalue weighted by atomic mass is 16.3. The summed E-state index contributed by atoms with van der Waals surface area (Å²) in [5.41, 5.74) is 0.929. The van der Waals surface area contributed by atoms with Crippen LogP contribution in [-0.4, -0.2) is 34.8 Å². The predicted molar refractivity (Wildman–Crippen MR) is 79.8 cm³/mol. The van der Waals surface area contributed by atoms with E-state index in [-0.39, 0.29) is 12.0 Å². The lowest BCUT2D eigenvalue weighted by molar-refractivity contribution is 0.292. The maximum absolute atomic E-state index is 8.85. The van der Waals surface area contributed by atoms with Crippen LogP contribution in [0.3, 0.4) is 0 Å². The summed E-state index contributed by atoms with van der Waals surface area (Å²) < 4.78 is 0. The van der Waals surface area contributed by atoms with Gasteiger partial charge in [0.05, 0.1) is 0 Å². The second kappa shape index (κ2) is 6.70. The van der Waals surface area contributed by atoms with E-state index < -0.39 is 0 Å². The van der Waals surface area contributed by atoms with Crippen LogP contribution in [-0.2, 0) is 5.41 Å². The Hall–Kier alpha value is -1.36. The van der Waals surface area contributed by atoms with Gasteiger partial charge in [-0.15, -0.1) is 0 Å². The standard InChI is InChI=1S/C14H26N4O/c1-6-15-11-10(2)12(16-8-7-9-19)18-13(17-11)14(3,4)5/h19H,6-9H2,1-5H3,(H2,15,16,17,18). The fourth-order valence-electron chi connectivity index (χ4n) is 1.65. The van der Waals surface area contributed by atoms with Crippen LogP contribution in [0.2, 0.25) is 0 Å². The van der Waals surface area contributed by atoms with Gasteiger partial charge in [0.1, 0.15) is 17.5 Å². The van der Waals surface area contributed by atoms with Crippen molar-refractivity contribution >= 4 is 11.6 Å². The van der Waals surface area contributed by atoms with Gasteiger partial charge < -0.3 is 15.7 Å². The van der Waals surface area contributed by atoms with Crippen molar-refractivity contribution in [1.82, 2.24) is 9.97 Å². The summed E-state index contributed by atoms with van der Waals surface area (Å²) in [7, 11) is 0. The molecule has 19 heavy (non-hydrogen) atoms. The Labute approximate surface area is 115 Å². The summed E-state index contributed by atoms with van der Waals surface area (Å²) in [5.74, 6) is 2.55. The van der Waals surface area contributed by atoms with Crippen molar-refractivity contribution in [3.05, 3.63) is 11.4 Å². The number of nitrogens with one attached hydrogen (secondary N) is 2. The lowest BCUT2D eigenvalue weighted by atomic mass is 9.95. The molecule has 0 aliphatic carbocycles. The van der Waals surface area contributed by atoms with Crippen LogP contribution in [0.15, 0.2) is 0 Å². The molecule has 0 atom stereocenters. The van der Waals surface area contributed by atoms with Crippen LogP contribution < -0.4 is 10.6 Å². The molecule has 0 saturated heterocycles. The number of anilines is 2. The molecule has 0 radical (unpaired) electrons. The first-order valence-corrected chi connectivity index (χ1v) is 6.87. The zero-order chi connectivity index (χ0) is 14.5.